The average Bonchev–Trinajstić information content (AvgIpc) is 2.83. The number of hydrogen-bond donors (Lipinski definition) is 1. The first-order valence-electron chi connectivity index (χ1n) is 7.84. The summed E-state index contributed by atoms with van der Waals surface area (Å²) < 4.78 is 0. The van der Waals surface area contributed by atoms with E-state index >= 15 is 0 Å². The molecule has 0 unspecified atom stereocenters. The van der Waals surface area contributed by atoms with Crippen LogP contribution in [-0.2, 0) is 6.54 Å². The Balaban J connectivity index is 1.75. The van der Waals surface area contributed by atoms with E-state index in [-0.39, 0.29) is 0 Å². The van der Waals surface area contributed by atoms with Crippen molar-refractivity contribution in [3.8, 4) is 11.1 Å². The van der Waals surface area contributed by atoms with Crippen LogP contribution in [0, 0.1) is 0 Å². The molecule has 0 saturated carbocycles. The summed E-state index contributed by atoms with van der Waals surface area (Å²) in [4.78, 5) is 4.65. The third kappa shape index (κ3) is 3.72. The molecule has 1 aliphatic rings. The van der Waals surface area contributed by atoms with E-state index in [1.54, 1.807) is 0 Å². The Bertz CT molecular complexity index is 602. The van der Waals surface area contributed by atoms with Crippen LogP contribution in [0.1, 0.15) is 31.2 Å². The summed E-state index contributed by atoms with van der Waals surface area (Å²) >= 11 is 0. The Labute approximate surface area is 126 Å². The number of aliphatic imine (C=N–C) groups is 1. The number of benzene rings is 2. The van der Waals surface area contributed by atoms with Gasteiger partial charge >= 0.3 is 0 Å². The molecule has 2 aromatic rings. The fourth-order valence-electron chi connectivity index (χ4n) is 2.79. The van der Waals surface area contributed by atoms with E-state index in [4.69, 9.17) is 0 Å². The summed E-state index contributed by atoms with van der Waals surface area (Å²) in [5, 5.41) is 3.54. The quantitative estimate of drug-likeness (QED) is 0.883. The molecule has 0 atom stereocenters. The molecule has 0 fully saturated rings. The molecule has 2 aromatic carbocycles. The van der Waals surface area contributed by atoms with Crippen LogP contribution in [0.2, 0.25) is 0 Å². The van der Waals surface area contributed by atoms with Gasteiger partial charge in [0.05, 0.1) is 5.84 Å². The fourth-order valence-corrected chi connectivity index (χ4v) is 2.79. The summed E-state index contributed by atoms with van der Waals surface area (Å²) in [5.41, 5.74) is 3.91. The maximum absolute atomic E-state index is 4.65. The first kappa shape index (κ1) is 13.9. The van der Waals surface area contributed by atoms with Crippen molar-refractivity contribution in [3.05, 3.63) is 60.2 Å². The zero-order valence-electron chi connectivity index (χ0n) is 12.4. The maximum Gasteiger partial charge on any atom is 0.0965 e. The van der Waals surface area contributed by atoms with E-state index in [2.05, 4.69) is 64.9 Å². The van der Waals surface area contributed by atoms with Crippen LogP contribution in [0.5, 0.6) is 0 Å². The van der Waals surface area contributed by atoms with Gasteiger partial charge in [0, 0.05) is 19.5 Å². The van der Waals surface area contributed by atoms with Crippen LogP contribution in [0.15, 0.2) is 59.6 Å². The van der Waals surface area contributed by atoms with Crippen molar-refractivity contribution < 1.29 is 0 Å². The fraction of sp³-hybridized carbons (Fsp3) is 0.316. The van der Waals surface area contributed by atoms with Crippen molar-refractivity contribution in [2.45, 2.75) is 32.2 Å². The number of amidine groups is 1. The molecule has 21 heavy (non-hydrogen) atoms. The van der Waals surface area contributed by atoms with Crippen molar-refractivity contribution in [1.29, 1.82) is 0 Å². The van der Waals surface area contributed by atoms with E-state index in [1.165, 1.54) is 41.8 Å². The Kier molecular flexibility index (Phi) is 4.67. The van der Waals surface area contributed by atoms with Gasteiger partial charge in [-0.1, -0.05) is 61.0 Å². The number of rotatable bonds is 3. The molecule has 0 amide bonds. The van der Waals surface area contributed by atoms with Crippen molar-refractivity contribution in [2.24, 2.45) is 4.99 Å². The largest absolute Gasteiger partial charge is 0.370 e. The van der Waals surface area contributed by atoms with Crippen molar-refractivity contribution in [3.63, 3.8) is 0 Å². The highest BCUT2D eigenvalue weighted by atomic mass is 15.0. The van der Waals surface area contributed by atoms with Gasteiger partial charge in [-0.25, -0.2) is 0 Å². The van der Waals surface area contributed by atoms with Crippen LogP contribution in [-0.4, -0.2) is 12.4 Å². The third-order valence-corrected chi connectivity index (χ3v) is 3.96. The molecule has 108 valence electrons. The van der Waals surface area contributed by atoms with Gasteiger partial charge in [0.25, 0.3) is 0 Å². The lowest BCUT2D eigenvalue weighted by Gasteiger charge is -2.12. The van der Waals surface area contributed by atoms with Gasteiger partial charge in [-0.3, -0.25) is 4.99 Å². The zero-order chi connectivity index (χ0) is 14.3. The van der Waals surface area contributed by atoms with Crippen molar-refractivity contribution in [1.82, 2.24) is 5.32 Å². The minimum Gasteiger partial charge on any atom is -0.370 e. The minimum atomic E-state index is 0.851. The molecule has 3 rings (SSSR count). The van der Waals surface area contributed by atoms with Crippen molar-refractivity contribution >= 4 is 5.84 Å². The molecule has 0 saturated heterocycles. The van der Waals surface area contributed by atoms with Gasteiger partial charge in [0.15, 0.2) is 0 Å². The van der Waals surface area contributed by atoms with Gasteiger partial charge < -0.3 is 5.32 Å². The Hall–Kier alpha value is -2.09. The average molecular weight is 278 g/mol. The van der Waals surface area contributed by atoms with Crippen LogP contribution < -0.4 is 5.32 Å². The standard InChI is InChI=1S/C19H22N2/c1-3-9-16(10-4-1)18-12-7-6-11-17(18)15-21-19-13-5-2-8-14-20-19/h1,3-4,6-7,9-12H,2,5,8,13-15H2,(H,20,21). The smallest absolute Gasteiger partial charge is 0.0965 e. The summed E-state index contributed by atoms with van der Waals surface area (Å²) in [6.45, 7) is 1.83. The predicted molar refractivity (Wildman–Crippen MR) is 89.5 cm³/mol. The van der Waals surface area contributed by atoms with Crippen LogP contribution in [0.4, 0.5) is 0 Å². The zero-order valence-corrected chi connectivity index (χ0v) is 12.4. The van der Waals surface area contributed by atoms with Crippen LogP contribution in [0.3, 0.4) is 0 Å². The highest BCUT2D eigenvalue weighted by Crippen LogP contribution is 2.23. The van der Waals surface area contributed by atoms with E-state index in [0.717, 1.165) is 19.5 Å². The topological polar surface area (TPSA) is 24.4 Å². The number of nitrogens with zero attached hydrogens (tertiary/aromatic N) is 1. The van der Waals surface area contributed by atoms with Gasteiger partial charge in [-0.15, -0.1) is 0 Å². The molecule has 1 aliphatic heterocycles. The number of nitrogens with one attached hydrogen (secondary N) is 1. The van der Waals surface area contributed by atoms with Crippen LogP contribution in [0.25, 0.3) is 11.1 Å². The van der Waals surface area contributed by atoms with E-state index in [1.807, 2.05) is 0 Å². The van der Waals surface area contributed by atoms with E-state index < -0.39 is 0 Å². The molecule has 1 N–H and O–H groups in total. The number of hydrogen-bond acceptors (Lipinski definition) is 2. The Morgan fingerprint density at radius 1 is 0.857 bits per heavy atom. The molecule has 0 spiro atoms. The summed E-state index contributed by atoms with van der Waals surface area (Å²) in [6, 6.07) is 19.2. The normalized spacial score (nSPS) is 15.1. The maximum atomic E-state index is 4.65. The van der Waals surface area contributed by atoms with Gasteiger partial charge in [0.2, 0.25) is 0 Å². The highest BCUT2D eigenvalue weighted by molar-refractivity contribution is 5.82. The lowest BCUT2D eigenvalue weighted by atomic mass is 10.00. The van der Waals surface area contributed by atoms with Gasteiger partial charge in [-0.2, -0.15) is 0 Å². The predicted octanol–water partition coefficient (Wildman–Crippen LogP) is 4.42. The Morgan fingerprint density at radius 2 is 1.67 bits per heavy atom. The summed E-state index contributed by atoms with van der Waals surface area (Å²) in [6.07, 6.45) is 4.88. The summed E-state index contributed by atoms with van der Waals surface area (Å²) in [5.74, 6) is 1.18. The molecule has 2 nitrogen and oxygen atoms in total. The lowest BCUT2D eigenvalue weighted by molar-refractivity contribution is 0.728. The molecule has 0 aromatic heterocycles. The van der Waals surface area contributed by atoms with Crippen molar-refractivity contribution in [2.75, 3.05) is 6.54 Å². The highest BCUT2D eigenvalue weighted by Gasteiger charge is 2.07. The molecule has 0 bridgehead atoms. The second-order valence-electron chi connectivity index (χ2n) is 5.52. The molecule has 1 heterocycles. The SMILES string of the molecule is c1ccc(-c2ccccc2CNC2=NCCCCC2)cc1. The summed E-state index contributed by atoms with van der Waals surface area (Å²) in [7, 11) is 0. The first-order chi connectivity index (χ1) is 10.4. The molecule has 0 radical (unpaired) electrons. The minimum absolute atomic E-state index is 0.851. The molecular formula is C19H22N2. The van der Waals surface area contributed by atoms with E-state index in [0.29, 0.717) is 0 Å². The third-order valence-electron chi connectivity index (χ3n) is 3.96. The molecule has 2 heteroatoms. The lowest BCUT2D eigenvalue weighted by Crippen LogP contribution is -2.23. The van der Waals surface area contributed by atoms with Gasteiger partial charge in [-0.05, 0) is 29.5 Å². The first-order valence-corrected chi connectivity index (χ1v) is 7.84. The molecular weight excluding hydrogens is 256 g/mol. The van der Waals surface area contributed by atoms with E-state index in [9.17, 15) is 0 Å². The Morgan fingerprint density at radius 3 is 2.57 bits per heavy atom. The van der Waals surface area contributed by atoms with Gasteiger partial charge in [0.1, 0.15) is 0 Å². The second kappa shape index (κ2) is 7.07. The second-order valence-corrected chi connectivity index (χ2v) is 5.52. The molecule has 0 aliphatic carbocycles. The monoisotopic (exact) mass is 278 g/mol. The van der Waals surface area contributed by atoms with Crippen LogP contribution >= 0.6 is 0 Å².